The molecule has 5 N–H and O–H groups in total. The molecule has 0 amide bonds. The first-order valence-electron chi connectivity index (χ1n) is 13.8. The third-order valence-corrected chi connectivity index (χ3v) is 10.8. The molecule has 3 fully saturated rings. The molecule has 5 aliphatic heterocycles. The van der Waals surface area contributed by atoms with E-state index in [0.717, 1.165) is 103 Å². The number of hydrogen-bond donors (Lipinski definition) is 5. The van der Waals surface area contributed by atoms with Crippen LogP contribution in [0.3, 0.4) is 0 Å². The van der Waals surface area contributed by atoms with Crippen LogP contribution in [-0.4, -0.2) is 103 Å². The highest BCUT2D eigenvalue weighted by molar-refractivity contribution is 7.92. The van der Waals surface area contributed by atoms with Crippen LogP contribution in [0.1, 0.15) is 37.1 Å². The number of aliphatic hydroxyl groups excluding tert-OH is 1. The van der Waals surface area contributed by atoms with Crippen LogP contribution in [0.15, 0.2) is 9.79 Å². The molecule has 0 saturated carbocycles. The van der Waals surface area contributed by atoms with Gasteiger partial charge in [0.05, 0.1) is 6.10 Å². The van der Waals surface area contributed by atoms with E-state index < -0.39 is 22.4 Å². The molecule has 15 heteroatoms. The van der Waals surface area contributed by atoms with Gasteiger partial charge >= 0.3 is 0 Å². The molecule has 0 radical (unpaired) electrons. The van der Waals surface area contributed by atoms with Gasteiger partial charge in [0.25, 0.3) is 9.79 Å². The van der Waals surface area contributed by atoms with Gasteiger partial charge in [-0.2, -0.15) is 19.1 Å². The molecule has 7 rings (SSSR count). The molecular formula is C25H36ClN7O5S2+2. The first-order chi connectivity index (χ1) is 19.4. The fourth-order valence-electron chi connectivity index (χ4n) is 5.40. The fourth-order valence-corrected chi connectivity index (χ4v) is 8.26. The molecular weight excluding hydrogens is 578 g/mol. The number of rotatable bonds is 5. The summed E-state index contributed by atoms with van der Waals surface area (Å²) in [5.74, 6) is 3.61. The predicted octanol–water partition coefficient (Wildman–Crippen LogP) is 1.98. The Balaban J connectivity index is 0.000000148. The van der Waals surface area contributed by atoms with Crippen LogP contribution >= 0.6 is 11.6 Å². The number of anilines is 3. The highest BCUT2D eigenvalue weighted by atomic mass is 35.5. The first kappa shape index (κ1) is 28.5. The Bertz CT molecular complexity index is 1200. The minimum absolute atomic E-state index is 0.252. The van der Waals surface area contributed by atoms with Crippen LogP contribution < -0.4 is 15.5 Å². The van der Waals surface area contributed by atoms with Gasteiger partial charge in [0.15, 0.2) is 45.5 Å². The van der Waals surface area contributed by atoms with Crippen molar-refractivity contribution < 1.29 is 23.7 Å². The van der Waals surface area contributed by atoms with Crippen molar-refractivity contribution in [2.24, 2.45) is 0 Å². The highest BCUT2D eigenvalue weighted by Gasteiger charge is 2.40. The molecule has 40 heavy (non-hydrogen) atoms. The van der Waals surface area contributed by atoms with Crippen LogP contribution in [0.4, 0.5) is 17.6 Å². The van der Waals surface area contributed by atoms with Gasteiger partial charge in [-0.05, 0) is 37.3 Å². The molecule has 2 aromatic heterocycles. The first-order valence-corrected chi connectivity index (χ1v) is 16.9. The van der Waals surface area contributed by atoms with E-state index in [1.54, 1.807) is 0 Å². The van der Waals surface area contributed by atoms with Gasteiger partial charge in [0.2, 0.25) is 11.2 Å². The summed E-state index contributed by atoms with van der Waals surface area (Å²) >= 11 is 4.42. The van der Waals surface area contributed by atoms with Crippen molar-refractivity contribution in [2.75, 3.05) is 66.6 Å². The Morgan fingerprint density at radius 2 is 1.25 bits per heavy atom. The van der Waals surface area contributed by atoms with E-state index in [0.29, 0.717) is 36.9 Å². The number of hydrogen-bond acceptors (Lipinski definition) is 12. The van der Waals surface area contributed by atoms with Gasteiger partial charge in [-0.25, -0.2) is 9.97 Å². The van der Waals surface area contributed by atoms with Crippen molar-refractivity contribution in [3.05, 3.63) is 16.7 Å². The average Bonchev–Trinajstić information content (AvgIpc) is 3.50. The molecule has 3 saturated heterocycles. The van der Waals surface area contributed by atoms with Crippen molar-refractivity contribution in [2.45, 2.75) is 66.5 Å². The molecule has 0 aliphatic carbocycles. The van der Waals surface area contributed by atoms with Gasteiger partial charge in [0, 0.05) is 64.4 Å². The van der Waals surface area contributed by atoms with Gasteiger partial charge in [-0.15, -0.1) is 0 Å². The number of ether oxygens (including phenoxy) is 2. The molecule has 2 aromatic rings. The molecule has 7 heterocycles. The van der Waals surface area contributed by atoms with Crippen LogP contribution in [-0.2, 0) is 44.7 Å². The molecule has 2 atom stereocenters. The second-order valence-electron chi connectivity index (χ2n) is 10.5. The monoisotopic (exact) mass is 613 g/mol. The SMILES string of the molecule is OC1CN(c2nc3c(c(NC4CCOCC4)n2)[S+](O)CC3)C1.O[S+]1CCc2nc(Cl)nc(NC3CCOCC3)c21. The Labute approximate surface area is 244 Å². The van der Waals surface area contributed by atoms with Crippen molar-refractivity contribution in [1.29, 1.82) is 0 Å². The Hall–Kier alpha value is -1.65. The van der Waals surface area contributed by atoms with E-state index in [9.17, 15) is 14.2 Å². The lowest BCUT2D eigenvalue weighted by Crippen LogP contribution is -2.51. The maximum Gasteiger partial charge on any atom is 0.253 e. The zero-order valence-electron chi connectivity index (χ0n) is 22.2. The van der Waals surface area contributed by atoms with Crippen LogP contribution in [0.2, 0.25) is 5.28 Å². The van der Waals surface area contributed by atoms with E-state index in [1.807, 2.05) is 4.90 Å². The van der Waals surface area contributed by atoms with E-state index in [1.165, 1.54) is 0 Å². The van der Waals surface area contributed by atoms with Gasteiger partial charge < -0.3 is 30.1 Å². The molecule has 12 nitrogen and oxygen atoms in total. The van der Waals surface area contributed by atoms with E-state index >= 15 is 0 Å². The topological polar surface area (TPSA) is 158 Å². The highest BCUT2D eigenvalue weighted by Crippen LogP contribution is 2.34. The second kappa shape index (κ2) is 12.7. The minimum atomic E-state index is -0.763. The average molecular weight is 614 g/mol. The maximum absolute atomic E-state index is 10.3. The Kier molecular flexibility index (Phi) is 9.04. The van der Waals surface area contributed by atoms with Crippen molar-refractivity contribution in [3.8, 4) is 0 Å². The Morgan fingerprint density at radius 1 is 0.750 bits per heavy atom. The molecule has 0 aromatic carbocycles. The van der Waals surface area contributed by atoms with Gasteiger partial charge in [-0.1, -0.05) is 0 Å². The minimum Gasteiger partial charge on any atom is -0.389 e. The maximum atomic E-state index is 10.3. The Morgan fingerprint density at radius 3 is 1.77 bits per heavy atom. The standard InChI is InChI=1S/C14H21N4O3S.C11H15ClN3O2S/c19-10-7-18(8-10)14-16-11-3-6-22(20)12(11)13(17-14)15-9-1-4-21-5-2-9;12-11-14-8-3-6-18(16)9(8)10(15-11)13-7-1-4-17-5-2-7/h9-10,19-20H,1-8H2,(H,15,16,17);7,16H,1-6H2,(H,13,14,15)/q2*+1. The number of aromatic nitrogens is 4. The number of aliphatic hydroxyl groups is 1. The summed E-state index contributed by atoms with van der Waals surface area (Å²) in [5, 5.41) is 16.6. The number of β-amino-alcohol motifs (C(OH)–C–C–N with tert-alkyl or cyclic N) is 1. The smallest absolute Gasteiger partial charge is 0.253 e. The zero-order chi connectivity index (χ0) is 27.6. The number of fused-ring (bicyclic) bond motifs is 2. The molecule has 2 unspecified atom stereocenters. The molecule has 218 valence electrons. The third-order valence-electron chi connectivity index (χ3n) is 7.64. The summed E-state index contributed by atoms with van der Waals surface area (Å²) in [5.41, 5.74) is 1.84. The zero-order valence-corrected chi connectivity index (χ0v) is 24.6. The number of nitrogens with zero attached hydrogens (tertiary/aromatic N) is 5. The second-order valence-corrected chi connectivity index (χ2v) is 14.0. The predicted molar refractivity (Wildman–Crippen MR) is 156 cm³/mol. The number of halogens is 1. The molecule has 0 spiro atoms. The largest absolute Gasteiger partial charge is 0.389 e. The number of nitrogens with one attached hydrogen (secondary N) is 2. The molecule has 0 bridgehead atoms. The summed E-state index contributed by atoms with van der Waals surface area (Å²) in [4.78, 5) is 21.4. The lowest BCUT2D eigenvalue weighted by atomic mass is 10.1. The number of aryl methyl sites for hydroxylation is 2. The third kappa shape index (κ3) is 6.38. The van der Waals surface area contributed by atoms with Crippen molar-refractivity contribution >= 4 is 51.5 Å². The summed E-state index contributed by atoms with van der Waals surface area (Å²) in [6.07, 6.45) is 5.11. The van der Waals surface area contributed by atoms with Crippen LogP contribution in [0.5, 0.6) is 0 Å². The van der Waals surface area contributed by atoms with Crippen molar-refractivity contribution in [1.82, 2.24) is 19.9 Å². The summed E-state index contributed by atoms with van der Waals surface area (Å²) in [7, 11) is 0. The lowest BCUT2D eigenvalue weighted by molar-refractivity contribution is 0.0902. The van der Waals surface area contributed by atoms with Crippen LogP contribution in [0, 0.1) is 0 Å². The van der Waals surface area contributed by atoms with E-state index in [2.05, 4.69) is 30.6 Å². The molecule has 5 aliphatic rings. The summed E-state index contributed by atoms with van der Waals surface area (Å²) in [6.45, 7) is 4.23. The quantitative estimate of drug-likeness (QED) is 0.247. The van der Waals surface area contributed by atoms with Crippen LogP contribution in [0.25, 0.3) is 0 Å². The summed E-state index contributed by atoms with van der Waals surface area (Å²) < 4.78 is 31.0. The van der Waals surface area contributed by atoms with Crippen molar-refractivity contribution in [3.63, 3.8) is 0 Å². The van der Waals surface area contributed by atoms with Gasteiger partial charge in [-0.3, -0.25) is 0 Å². The fraction of sp³-hybridized carbons (Fsp3) is 0.680. The van der Waals surface area contributed by atoms with E-state index in [4.69, 9.17) is 21.1 Å². The van der Waals surface area contributed by atoms with Gasteiger partial charge in [0.1, 0.15) is 11.4 Å². The van der Waals surface area contributed by atoms with E-state index in [-0.39, 0.29) is 11.4 Å². The summed E-state index contributed by atoms with van der Waals surface area (Å²) in [6, 6.07) is 0.673. The normalized spacial score (nSPS) is 25.1. The lowest BCUT2D eigenvalue weighted by Gasteiger charge is -2.36.